The Morgan fingerprint density at radius 1 is 1.26 bits per heavy atom. The molecule has 1 aliphatic heterocycles. The van der Waals surface area contributed by atoms with E-state index in [1.807, 2.05) is 37.3 Å². The Hall–Kier alpha value is -1.88. The number of allylic oxidation sites excluding steroid dienone is 1. The van der Waals surface area contributed by atoms with E-state index in [0.717, 1.165) is 11.3 Å². The summed E-state index contributed by atoms with van der Waals surface area (Å²) >= 11 is 5.18. The van der Waals surface area contributed by atoms with Gasteiger partial charge in [0, 0.05) is 19.8 Å². The molecule has 0 radical (unpaired) electrons. The highest BCUT2D eigenvalue weighted by Gasteiger charge is 2.30. The standard InChI is InChI=1S/C14H17N3OS/c1-9-11(13(18)17(2)3)12(16-14(19)15-9)10-7-5-4-6-8-10/h4-8,12H,1-3H3,(H2,15,16,19)/t12-/m1/s1. The predicted octanol–water partition coefficient (Wildman–Crippen LogP) is 1.57. The third-order valence-corrected chi connectivity index (χ3v) is 3.26. The van der Waals surface area contributed by atoms with E-state index in [1.54, 1.807) is 19.0 Å². The zero-order chi connectivity index (χ0) is 14.0. The number of nitrogens with zero attached hydrogens (tertiary/aromatic N) is 1. The van der Waals surface area contributed by atoms with Crippen LogP contribution in [0.3, 0.4) is 0 Å². The van der Waals surface area contributed by atoms with Gasteiger partial charge >= 0.3 is 0 Å². The molecule has 0 saturated heterocycles. The van der Waals surface area contributed by atoms with Crippen LogP contribution in [0.2, 0.25) is 0 Å². The van der Waals surface area contributed by atoms with Crippen molar-refractivity contribution in [2.24, 2.45) is 0 Å². The van der Waals surface area contributed by atoms with Crippen molar-refractivity contribution in [3.63, 3.8) is 0 Å². The van der Waals surface area contributed by atoms with Crippen LogP contribution in [0.1, 0.15) is 18.5 Å². The first-order valence-electron chi connectivity index (χ1n) is 6.05. The van der Waals surface area contributed by atoms with E-state index in [1.165, 1.54) is 0 Å². The predicted molar refractivity (Wildman–Crippen MR) is 79.4 cm³/mol. The topological polar surface area (TPSA) is 44.4 Å². The molecule has 0 aromatic heterocycles. The summed E-state index contributed by atoms with van der Waals surface area (Å²) in [5, 5.41) is 6.72. The molecule has 1 aliphatic rings. The molecule has 1 atom stereocenters. The van der Waals surface area contributed by atoms with Crippen molar-refractivity contribution in [3.05, 3.63) is 47.2 Å². The van der Waals surface area contributed by atoms with Gasteiger partial charge in [-0.3, -0.25) is 4.79 Å². The molecule has 0 fully saturated rings. The smallest absolute Gasteiger partial charge is 0.253 e. The van der Waals surface area contributed by atoms with Crippen LogP contribution in [0.4, 0.5) is 0 Å². The third kappa shape index (κ3) is 2.76. The van der Waals surface area contributed by atoms with Crippen LogP contribution in [0.25, 0.3) is 0 Å². The van der Waals surface area contributed by atoms with Crippen LogP contribution in [0, 0.1) is 0 Å². The minimum Gasteiger partial charge on any atom is -0.351 e. The number of carbonyl (C=O) groups is 1. The van der Waals surface area contributed by atoms with Crippen molar-refractivity contribution < 1.29 is 4.79 Å². The second-order valence-corrected chi connectivity index (χ2v) is 5.09. The summed E-state index contributed by atoms with van der Waals surface area (Å²) in [6.45, 7) is 1.87. The van der Waals surface area contributed by atoms with Gasteiger partial charge in [-0.1, -0.05) is 30.3 Å². The van der Waals surface area contributed by atoms with Gasteiger partial charge in [0.15, 0.2) is 5.11 Å². The zero-order valence-electron chi connectivity index (χ0n) is 11.2. The Bertz CT molecular complexity index is 537. The van der Waals surface area contributed by atoms with E-state index >= 15 is 0 Å². The van der Waals surface area contributed by atoms with Crippen LogP contribution in [0.5, 0.6) is 0 Å². The van der Waals surface area contributed by atoms with Crippen molar-refractivity contribution >= 4 is 23.2 Å². The van der Waals surface area contributed by atoms with Crippen molar-refractivity contribution in [3.8, 4) is 0 Å². The summed E-state index contributed by atoms with van der Waals surface area (Å²) < 4.78 is 0. The Morgan fingerprint density at radius 2 is 1.89 bits per heavy atom. The number of rotatable bonds is 2. The second kappa shape index (κ2) is 5.40. The lowest BCUT2D eigenvalue weighted by Gasteiger charge is -2.31. The number of carbonyl (C=O) groups excluding carboxylic acids is 1. The molecule has 19 heavy (non-hydrogen) atoms. The Labute approximate surface area is 118 Å². The molecule has 0 aliphatic carbocycles. The SMILES string of the molecule is CC1=C(C(=O)N(C)C)[C@@H](c2ccccc2)NC(=S)N1. The zero-order valence-corrected chi connectivity index (χ0v) is 12.0. The number of hydrogen-bond donors (Lipinski definition) is 2. The number of thiocarbonyl (C=S) groups is 1. The molecule has 2 N–H and O–H groups in total. The molecule has 1 aromatic rings. The van der Waals surface area contributed by atoms with Gasteiger partial charge in [-0.25, -0.2) is 0 Å². The Kier molecular flexibility index (Phi) is 3.85. The fraction of sp³-hybridized carbons (Fsp3) is 0.286. The molecule has 4 nitrogen and oxygen atoms in total. The Morgan fingerprint density at radius 3 is 2.47 bits per heavy atom. The molecular weight excluding hydrogens is 258 g/mol. The second-order valence-electron chi connectivity index (χ2n) is 4.68. The fourth-order valence-corrected chi connectivity index (χ4v) is 2.38. The molecule has 1 amide bonds. The lowest BCUT2D eigenvalue weighted by molar-refractivity contribution is -0.125. The molecular formula is C14H17N3OS. The van der Waals surface area contributed by atoms with Gasteiger partial charge in [-0.05, 0) is 24.7 Å². The molecule has 100 valence electrons. The van der Waals surface area contributed by atoms with E-state index < -0.39 is 0 Å². The maximum Gasteiger partial charge on any atom is 0.253 e. The summed E-state index contributed by atoms with van der Waals surface area (Å²) in [5.74, 6) is -0.0196. The molecule has 0 bridgehead atoms. The van der Waals surface area contributed by atoms with E-state index in [0.29, 0.717) is 10.7 Å². The Balaban J connectivity index is 2.47. The van der Waals surface area contributed by atoms with Crippen molar-refractivity contribution in [2.75, 3.05) is 14.1 Å². The highest BCUT2D eigenvalue weighted by Crippen LogP contribution is 2.27. The summed E-state index contributed by atoms with van der Waals surface area (Å²) in [4.78, 5) is 13.9. The van der Waals surface area contributed by atoms with Crippen molar-refractivity contribution in [2.45, 2.75) is 13.0 Å². The lowest BCUT2D eigenvalue weighted by Crippen LogP contribution is -2.46. The average Bonchev–Trinajstić information content (AvgIpc) is 2.38. The molecule has 0 saturated carbocycles. The summed E-state index contributed by atoms with van der Waals surface area (Å²) in [6.07, 6.45) is 0. The van der Waals surface area contributed by atoms with Crippen LogP contribution in [-0.4, -0.2) is 30.0 Å². The van der Waals surface area contributed by atoms with Gasteiger partial charge in [0.25, 0.3) is 5.91 Å². The van der Waals surface area contributed by atoms with Gasteiger partial charge in [-0.15, -0.1) is 0 Å². The number of hydrogen-bond acceptors (Lipinski definition) is 2. The first-order chi connectivity index (χ1) is 9.00. The maximum atomic E-state index is 12.3. The monoisotopic (exact) mass is 275 g/mol. The molecule has 0 unspecified atom stereocenters. The lowest BCUT2D eigenvalue weighted by atomic mass is 9.95. The summed E-state index contributed by atoms with van der Waals surface area (Å²) in [5.41, 5.74) is 2.53. The molecule has 5 heteroatoms. The fourth-order valence-electron chi connectivity index (χ4n) is 2.11. The van der Waals surface area contributed by atoms with Crippen LogP contribution >= 0.6 is 12.2 Å². The normalized spacial score (nSPS) is 18.7. The van der Waals surface area contributed by atoms with Gasteiger partial charge in [0.2, 0.25) is 0 Å². The first-order valence-corrected chi connectivity index (χ1v) is 6.46. The van der Waals surface area contributed by atoms with E-state index in [2.05, 4.69) is 10.6 Å². The highest BCUT2D eigenvalue weighted by molar-refractivity contribution is 7.80. The number of benzene rings is 1. The molecule has 2 rings (SSSR count). The number of amides is 1. The summed E-state index contributed by atoms with van der Waals surface area (Å²) in [7, 11) is 3.50. The van der Waals surface area contributed by atoms with Gasteiger partial charge < -0.3 is 15.5 Å². The van der Waals surface area contributed by atoms with Gasteiger partial charge in [-0.2, -0.15) is 0 Å². The first kappa shape index (κ1) is 13.5. The third-order valence-electron chi connectivity index (χ3n) is 3.04. The van der Waals surface area contributed by atoms with Gasteiger partial charge in [0.05, 0.1) is 11.6 Å². The number of likely N-dealkylation sites (N-methyl/N-ethyl adjacent to an activating group) is 1. The van der Waals surface area contributed by atoms with Crippen LogP contribution in [0.15, 0.2) is 41.6 Å². The largest absolute Gasteiger partial charge is 0.351 e. The number of nitrogens with one attached hydrogen (secondary N) is 2. The van der Waals surface area contributed by atoms with E-state index in [9.17, 15) is 4.79 Å². The minimum atomic E-state index is -0.204. The highest BCUT2D eigenvalue weighted by atomic mass is 32.1. The summed E-state index contributed by atoms with van der Waals surface area (Å²) in [6, 6.07) is 9.63. The van der Waals surface area contributed by atoms with E-state index in [-0.39, 0.29) is 11.9 Å². The van der Waals surface area contributed by atoms with Crippen molar-refractivity contribution in [1.29, 1.82) is 0 Å². The van der Waals surface area contributed by atoms with Gasteiger partial charge in [0.1, 0.15) is 0 Å². The minimum absolute atomic E-state index is 0.0196. The molecule has 1 heterocycles. The molecule has 1 aromatic carbocycles. The quantitative estimate of drug-likeness (QED) is 0.804. The molecule has 0 spiro atoms. The van der Waals surface area contributed by atoms with Crippen LogP contribution < -0.4 is 10.6 Å². The van der Waals surface area contributed by atoms with E-state index in [4.69, 9.17) is 12.2 Å². The van der Waals surface area contributed by atoms with Crippen molar-refractivity contribution in [1.82, 2.24) is 15.5 Å². The maximum absolute atomic E-state index is 12.3. The average molecular weight is 275 g/mol. The van der Waals surface area contributed by atoms with Crippen LogP contribution in [-0.2, 0) is 4.79 Å².